The molecule has 0 bridgehead atoms. The predicted octanol–water partition coefficient (Wildman–Crippen LogP) is 4.21. The number of aromatic nitrogens is 3. The Morgan fingerprint density at radius 1 is 1.09 bits per heavy atom. The van der Waals surface area contributed by atoms with E-state index in [0.29, 0.717) is 16.6 Å². The summed E-state index contributed by atoms with van der Waals surface area (Å²) in [7, 11) is 1.67. The topological polar surface area (TPSA) is 42.8 Å². The second-order valence-electron chi connectivity index (χ2n) is 5.78. The first-order valence-electron chi connectivity index (χ1n) is 7.64. The number of hydrogen-bond acceptors (Lipinski definition) is 3. The second kappa shape index (κ2) is 5.66. The highest BCUT2D eigenvalue weighted by Gasteiger charge is 2.43. The standard InChI is InChI=1S/C18H17N3OS/c1-22-14-9-7-13(8-10-14)21-17(19-20-18(21)23)16-11-15(16)12-5-3-2-4-6-12/h2-10,15-16H,11H2,1H3,(H,20,23)/t15-,16+/m0/s1. The first kappa shape index (κ1) is 14.2. The van der Waals surface area contributed by atoms with Gasteiger partial charge in [-0.15, -0.1) is 0 Å². The fourth-order valence-electron chi connectivity index (χ4n) is 3.09. The molecule has 0 saturated heterocycles. The van der Waals surface area contributed by atoms with Crippen LogP contribution in [0.15, 0.2) is 54.6 Å². The summed E-state index contributed by atoms with van der Waals surface area (Å²) >= 11 is 5.43. The van der Waals surface area contributed by atoms with E-state index in [9.17, 15) is 0 Å². The number of ether oxygens (including phenoxy) is 1. The van der Waals surface area contributed by atoms with Gasteiger partial charge >= 0.3 is 0 Å². The molecular weight excluding hydrogens is 306 g/mol. The maximum atomic E-state index is 5.43. The van der Waals surface area contributed by atoms with Crippen LogP contribution >= 0.6 is 12.2 Å². The van der Waals surface area contributed by atoms with Gasteiger partial charge in [0, 0.05) is 11.6 Å². The van der Waals surface area contributed by atoms with Gasteiger partial charge in [-0.05, 0) is 54.4 Å². The van der Waals surface area contributed by atoms with Gasteiger partial charge in [-0.1, -0.05) is 30.3 Å². The minimum absolute atomic E-state index is 0.410. The number of benzene rings is 2. The van der Waals surface area contributed by atoms with E-state index in [1.807, 2.05) is 34.9 Å². The molecule has 1 heterocycles. The molecule has 1 aromatic heterocycles. The van der Waals surface area contributed by atoms with E-state index < -0.39 is 0 Å². The summed E-state index contributed by atoms with van der Waals surface area (Å²) in [5, 5.41) is 7.43. The van der Waals surface area contributed by atoms with Crippen LogP contribution < -0.4 is 4.74 Å². The van der Waals surface area contributed by atoms with Crippen LogP contribution in [-0.4, -0.2) is 21.9 Å². The van der Waals surface area contributed by atoms with Crippen molar-refractivity contribution in [3.05, 3.63) is 70.8 Å². The Morgan fingerprint density at radius 2 is 1.83 bits per heavy atom. The van der Waals surface area contributed by atoms with Gasteiger partial charge in [0.05, 0.1) is 7.11 Å². The molecule has 23 heavy (non-hydrogen) atoms. The third kappa shape index (κ3) is 2.57. The third-order valence-electron chi connectivity index (χ3n) is 4.38. The highest BCUT2D eigenvalue weighted by atomic mass is 32.1. The molecule has 0 aliphatic heterocycles. The van der Waals surface area contributed by atoms with Gasteiger partial charge in [-0.3, -0.25) is 9.67 Å². The zero-order valence-electron chi connectivity index (χ0n) is 12.8. The Bertz CT molecular complexity index is 867. The smallest absolute Gasteiger partial charge is 0.199 e. The lowest BCUT2D eigenvalue weighted by molar-refractivity contribution is 0.414. The Hall–Kier alpha value is -2.40. The molecule has 1 fully saturated rings. The Balaban J connectivity index is 1.68. The number of hydrogen-bond donors (Lipinski definition) is 1. The lowest BCUT2D eigenvalue weighted by Gasteiger charge is -2.08. The normalized spacial score (nSPS) is 19.5. The summed E-state index contributed by atoms with van der Waals surface area (Å²) in [4.78, 5) is 0. The molecule has 1 aliphatic rings. The van der Waals surface area contributed by atoms with E-state index in [-0.39, 0.29) is 0 Å². The number of nitrogens with one attached hydrogen (secondary N) is 1. The quantitative estimate of drug-likeness (QED) is 0.731. The van der Waals surface area contributed by atoms with E-state index in [1.54, 1.807) is 7.11 Å². The van der Waals surface area contributed by atoms with Crippen molar-refractivity contribution in [3.8, 4) is 11.4 Å². The van der Waals surface area contributed by atoms with Crippen LogP contribution in [0.2, 0.25) is 0 Å². The van der Waals surface area contributed by atoms with Crippen molar-refractivity contribution in [3.63, 3.8) is 0 Å². The van der Waals surface area contributed by atoms with Crippen molar-refractivity contribution < 1.29 is 4.74 Å². The summed E-state index contributed by atoms with van der Waals surface area (Å²) in [5.74, 6) is 2.78. The molecule has 0 spiro atoms. The molecule has 1 aliphatic carbocycles. The Kier molecular flexibility index (Phi) is 3.50. The zero-order valence-corrected chi connectivity index (χ0v) is 13.6. The second-order valence-corrected chi connectivity index (χ2v) is 6.17. The van der Waals surface area contributed by atoms with Gasteiger partial charge in [0.15, 0.2) is 4.77 Å². The third-order valence-corrected chi connectivity index (χ3v) is 4.65. The summed E-state index contributed by atoms with van der Waals surface area (Å²) in [5.41, 5.74) is 2.38. The molecule has 0 amide bonds. The van der Waals surface area contributed by atoms with Crippen molar-refractivity contribution >= 4 is 12.2 Å². The van der Waals surface area contributed by atoms with Crippen molar-refractivity contribution in [2.75, 3.05) is 7.11 Å². The van der Waals surface area contributed by atoms with E-state index in [1.165, 1.54) is 5.56 Å². The van der Waals surface area contributed by atoms with Gasteiger partial charge in [-0.2, -0.15) is 5.10 Å². The lowest BCUT2D eigenvalue weighted by Crippen LogP contribution is -2.01. The number of H-pyrrole nitrogens is 1. The van der Waals surface area contributed by atoms with Crippen LogP contribution in [-0.2, 0) is 0 Å². The molecule has 2 atom stereocenters. The van der Waals surface area contributed by atoms with Gasteiger partial charge in [0.25, 0.3) is 0 Å². The summed E-state index contributed by atoms with van der Waals surface area (Å²) in [6.45, 7) is 0. The van der Waals surface area contributed by atoms with Crippen LogP contribution in [0.3, 0.4) is 0 Å². The van der Waals surface area contributed by atoms with Gasteiger partial charge in [0.2, 0.25) is 0 Å². The van der Waals surface area contributed by atoms with Crippen molar-refractivity contribution in [1.29, 1.82) is 0 Å². The van der Waals surface area contributed by atoms with Crippen molar-refractivity contribution in [1.82, 2.24) is 14.8 Å². The SMILES string of the molecule is COc1ccc(-n2c([C@@H]3C[C@H]3c3ccccc3)n[nH]c2=S)cc1. The Labute approximate surface area is 139 Å². The summed E-state index contributed by atoms with van der Waals surface area (Å²) < 4.78 is 7.88. The number of nitrogens with zero attached hydrogens (tertiary/aromatic N) is 2. The molecule has 0 radical (unpaired) electrons. The van der Waals surface area contributed by atoms with E-state index >= 15 is 0 Å². The predicted molar refractivity (Wildman–Crippen MR) is 91.8 cm³/mol. The molecule has 0 unspecified atom stereocenters. The maximum absolute atomic E-state index is 5.43. The first-order valence-corrected chi connectivity index (χ1v) is 8.05. The average molecular weight is 323 g/mol. The van der Waals surface area contributed by atoms with E-state index in [2.05, 4.69) is 34.5 Å². The van der Waals surface area contributed by atoms with Crippen LogP contribution in [0.4, 0.5) is 0 Å². The maximum Gasteiger partial charge on any atom is 0.199 e. The van der Waals surface area contributed by atoms with Gasteiger partial charge < -0.3 is 4.74 Å². The molecule has 5 heteroatoms. The fourth-order valence-corrected chi connectivity index (χ4v) is 3.33. The summed E-state index contributed by atoms with van der Waals surface area (Å²) in [6.07, 6.45) is 1.11. The molecule has 1 N–H and O–H groups in total. The minimum atomic E-state index is 0.410. The molecule has 4 rings (SSSR count). The average Bonchev–Trinajstić information content (AvgIpc) is 3.31. The molecule has 2 aromatic carbocycles. The number of rotatable bonds is 4. The largest absolute Gasteiger partial charge is 0.497 e. The van der Waals surface area contributed by atoms with Crippen molar-refractivity contribution in [2.45, 2.75) is 18.3 Å². The van der Waals surface area contributed by atoms with Gasteiger partial charge in [-0.25, -0.2) is 0 Å². The number of methoxy groups -OCH3 is 1. The molecule has 4 nitrogen and oxygen atoms in total. The summed E-state index contributed by atoms with van der Waals surface area (Å²) in [6, 6.07) is 18.5. The fraction of sp³-hybridized carbons (Fsp3) is 0.222. The monoisotopic (exact) mass is 323 g/mol. The number of aromatic amines is 1. The lowest BCUT2D eigenvalue weighted by atomic mass is 10.1. The van der Waals surface area contributed by atoms with E-state index in [0.717, 1.165) is 23.7 Å². The molecule has 116 valence electrons. The van der Waals surface area contributed by atoms with Gasteiger partial charge in [0.1, 0.15) is 11.6 Å². The van der Waals surface area contributed by atoms with Crippen molar-refractivity contribution in [2.24, 2.45) is 0 Å². The van der Waals surface area contributed by atoms with E-state index in [4.69, 9.17) is 17.0 Å². The zero-order chi connectivity index (χ0) is 15.8. The van der Waals surface area contributed by atoms with Crippen LogP contribution in [0.25, 0.3) is 5.69 Å². The molecule has 3 aromatic rings. The minimum Gasteiger partial charge on any atom is -0.497 e. The molecular formula is C18H17N3OS. The Morgan fingerprint density at radius 3 is 2.52 bits per heavy atom. The first-order chi connectivity index (χ1) is 11.3. The highest BCUT2D eigenvalue weighted by Crippen LogP contribution is 2.54. The van der Waals surface area contributed by atoms with Crippen LogP contribution in [0.5, 0.6) is 5.75 Å². The molecule has 1 saturated carbocycles. The highest BCUT2D eigenvalue weighted by molar-refractivity contribution is 7.71. The van der Waals surface area contributed by atoms with Crippen LogP contribution in [0.1, 0.15) is 29.6 Å². The van der Waals surface area contributed by atoms with Crippen LogP contribution in [0, 0.1) is 4.77 Å².